The van der Waals surface area contributed by atoms with Crippen molar-refractivity contribution in [3.63, 3.8) is 0 Å². The zero-order chi connectivity index (χ0) is 16.6. The van der Waals surface area contributed by atoms with Gasteiger partial charge in [0.2, 0.25) is 0 Å². The number of hydrogen-bond donors (Lipinski definition) is 2. The van der Waals surface area contributed by atoms with Crippen LogP contribution in [0.1, 0.15) is 34.5 Å². The first kappa shape index (κ1) is 15.7. The number of aromatic nitrogens is 1. The van der Waals surface area contributed by atoms with Crippen LogP contribution in [0.25, 0.3) is 0 Å². The number of amides is 1. The van der Waals surface area contributed by atoms with E-state index in [9.17, 15) is 19.5 Å². The van der Waals surface area contributed by atoms with E-state index < -0.39 is 12.0 Å². The van der Waals surface area contributed by atoms with Crippen LogP contribution < -0.4 is 5.56 Å². The van der Waals surface area contributed by atoms with Gasteiger partial charge in [-0.3, -0.25) is 19.3 Å². The van der Waals surface area contributed by atoms with Crippen LogP contribution in [0, 0.1) is 0 Å². The molecule has 0 saturated carbocycles. The Morgan fingerprint density at radius 2 is 2.00 bits per heavy atom. The number of nitrogens with zero attached hydrogens (tertiary/aromatic N) is 2. The van der Waals surface area contributed by atoms with Gasteiger partial charge in [-0.1, -0.05) is 0 Å². The third kappa shape index (κ3) is 3.01. The lowest BCUT2D eigenvalue weighted by Gasteiger charge is -2.37. The number of carboxylic acid groups (broad SMARTS) is 1. The van der Waals surface area contributed by atoms with Gasteiger partial charge in [0, 0.05) is 25.3 Å². The number of H-pyrrole nitrogens is 1. The molecule has 1 saturated heterocycles. The lowest BCUT2D eigenvalue weighted by molar-refractivity contribution is -0.144. The number of aromatic amines is 1. The number of likely N-dealkylation sites (N-methyl/N-ethyl adjacent to an activating group) is 1. The van der Waals surface area contributed by atoms with Crippen molar-refractivity contribution >= 4 is 11.9 Å². The van der Waals surface area contributed by atoms with E-state index >= 15 is 0 Å². The van der Waals surface area contributed by atoms with Gasteiger partial charge in [-0.05, 0) is 44.4 Å². The Morgan fingerprint density at radius 1 is 1.26 bits per heavy atom. The number of carbonyl (C=O) groups is 2. The average molecular weight is 319 g/mol. The monoisotopic (exact) mass is 319 g/mol. The normalized spacial score (nSPS) is 21.8. The molecule has 2 aliphatic rings. The van der Waals surface area contributed by atoms with Gasteiger partial charge in [-0.25, -0.2) is 0 Å². The van der Waals surface area contributed by atoms with Crippen LogP contribution >= 0.6 is 0 Å². The molecule has 0 spiro atoms. The summed E-state index contributed by atoms with van der Waals surface area (Å²) in [6, 6.07) is 0.966. The average Bonchev–Trinajstić information content (AvgIpc) is 2.53. The Hall–Kier alpha value is -2.15. The second kappa shape index (κ2) is 6.16. The molecule has 1 fully saturated rings. The molecule has 3 rings (SSSR count). The van der Waals surface area contributed by atoms with Crippen molar-refractivity contribution in [3.8, 4) is 0 Å². The highest BCUT2D eigenvalue weighted by Crippen LogP contribution is 2.19. The maximum atomic E-state index is 12.7. The Morgan fingerprint density at radius 3 is 2.74 bits per heavy atom. The van der Waals surface area contributed by atoms with E-state index in [1.54, 1.807) is 18.0 Å². The molecule has 0 aromatic carbocycles. The van der Waals surface area contributed by atoms with Crippen molar-refractivity contribution in [2.75, 3.05) is 26.7 Å². The van der Waals surface area contributed by atoms with Crippen LogP contribution in [0.15, 0.2) is 10.9 Å². The van der Waals surface area contributed by atoms with E-state index in [2.05, 4.69) is 4.98 Å². The van der Waals surface area contributed by atoms with Gasteiger partial charge in [0.05, 0.1) is 0 Å². The minimum Gasteiger partial charge on any atom is -0.480 e. The first-order chi connectivity index (χ1) is 11.0. The molecular weight excluding hydrogens is 298 g/mol. The molecule has 1 aliphatic heterocycles. The van der Waals surface area contributed by atoms with Crippen molar-refractivity contribution in [2.45, 2.75) is 31.7 Å². The summed E-state index contributed by atoms with van der Waals surface area (Å²) >= 11 is 0. The van der Waals surface area contributed by atoms with E-state index in [4.69, 9.17) is 0 Å². The van der Waals surface area contributed by atoms with E-state index in [1.807, 2.05) is 0 Å². The molecule has 7 heteroatoms. The Labute approximate surface area is 133 Å². The lowest BCUT2D eigenvalue weighted by atomic mass is 9.95. The number of nitrogens with one attached hydrogen (secondary N) is 1. The maximum Gasteiger partial charge on any atom is 0.322 e. The van der Waals surface area contributed by atoms with Gasteiger partial charge < -0.3 is 15.0 Å². The summed E-state index contributed by atoms with van der Waals surface area (Å²) in [5.74, 6) is -1.33. The van der Waals surface area contributed by atoms with Gasteiger partial charge in [0.25, 0.3) is 11.5 Å². The smallest absolute Gasteiger partial charge is 0.322 e. The Bertz CT molecular complexity index is 697. The van der Waals surface area contributed by atoms with E-state index in [0.29, 0.717) is 13.1 Å². The second-order valence-electron chi connectivity index (χ2n) is 6.31. The van der Waals surface area contributed by atoms with Crippen molar-refractivity contribution in [3.05, 3.63) is 33.2 Å². The predicted octanol–water partition coefficient (Wildman–Crippen LogP) is 0.0945. The second-order valence-corrected chi connectivity index (χ2v) is 6.31. The number of hydrogen-bond acceptors (Lipinski definition) is 4. The Balaban J connectivity index is 1.86. The number of fused-ring (bicyclic) bond motifs is 1. The topological polar surface area (TPSA) is 93.7 Å². The fourth-order valence-electron chi connectivity index (χ4n) is 3.33. The van der Waals surface area contributed by atoms with Crippen LogP contribution in [0.3, 0.4) is 0 Å². The first-order valence-corrected chi connectivity index (χ1v) is 7.95. The quantitative estimate of drug-likeness (QED) is 0.806. The van der Waals surface area contributed by atoms with Gasteiger partial charge >= 0.3 is 5.97 Å². The highest BCUT2D eigenvalue weighted by Gasteiger charge is 2.33. The van der Waals surface area contributed by atoms with Crippen molar-refractivity contribution < 1.29 is 14.7 Å². The third-order valence-electron chi connectivity index (χ3n) is 4.79. The minimum atomic E-state index is -0.954. The zero-order valence-corrected chi connectivity index (χ0v) is 13.2. The van der Waals surface area contributed by atoms with Crippen LogP contribution in [0.2, 0.25) is 0 Å². The molecule has 124 valence electrons. The van der Waals surface area contributed by atoms with Crippen molar-refractivity contribution in [1.29, 1.82) is 0 Å². The number of rotatable bonds is 2. The van der Waals surface area contributed by atoms with Crippen molar-refractivity contribution in [1.82, 2.24) is 14.8 Å². The molecule has 1 aromatic heterocycles. The van der Waals surface area contributed by atoms with Gasteiger partial charge in [-0.15, -0.1) is 0 Å². The fourth-order valence-corrected chi connectivity index (χ4v) is 3.33. The molecule has 23 heavy (non-hydrogen) atoms. The summed E-state index contributed by atoms with van der Waals surface area (Å²) in [5, 5.41) is 9.24. The predicted molar refractivity (Wildman–Crippen MR) is 83.7 cm³/mol. The molecule has 1 amide bonds. The van der Waals surface area contributed by atoms with Gasteiger partial charge in [0.15, 0.2) is 0 Å². The Kier molecular flexibility index (Phi) is 4.21. The molecule has 1 aromatic rings. The molecule has 1 unspecified atom stereocenters. The molecule has 1 aliphatic carbocycles. The molecule has 7 nitrogen and oxygen atoms in total. The van der Waals surface area contributed by atoms with Gasteiger partial charge in [0.1, 0.15) is 11.6 Å². The number of carbonyl (C=O) groups excluding carboxylic acids is 1. The lowest BCUT2D eigenvalue weighted by Crippen LogP contribution is -2.56. The summed E-state index contributed by atoms with van der Waals surface area (Å²) in [6.07, 6.45) is 3.82. The number of pyridine rings is 1. The summed E-state index contributed by atoms with van der Waals surface area (Å²) in [5.41, 5.74) is 1.71. The van der Waals surface area contributed by atoms with Crippen LogP contribution in [-0.2, 0) is 17.6 Å². The third-order valence-corrected chi connectivity index (χ3v) is 4.79. The fraction of sp³-hybridized carbons (Fsp3) is 0.562. The summed E-state index contributed by atoms with van der Waals surface area (Å²) in [7, 11) is 1.73. The van der Waals surface area contributed by atoms with Crippen LogP contribution in [0.5, 0.6) is 0 Å². The molecule has 0 radical (unpaired) electrons. The van der Waals surface area contributed by atoms with E-state index in [-0.39, 0.29) is 23.6 Å². The molecule has 2 heterocycles. The number of aliphatic carboxylic acids is 1. The number of piperazine rings is 1. The van der Waals surface area contributed by atoms with Crippen LogP contribution in [-0.4, -0.2) is 64.5 Å². The number of aryl methyl sites for hydroxylation is 2. The first-order valence-electron chi connectivity index (χ1n) is 7.95. The van der Waals surface area contributed by atoms with Gasteiger partial charge in [-0.2, -0.15) is 0 Å². The summed E-state index contributed by atoms with van der Waals surface area (Å²) < 4.78 is 0. The van der Waals surface area contributed by atoms with E-state index in [0.717, 1.165) is 36.9 Å². The highest BCUT2D eigenvalue weighted by atomic mass is 16.4. The molecule has 2 N–H and O–H groups in total. The summed E-state index contributed by atoms with van der Waals surface area (Å²) in [6.45, 7) is 1.00. The summed E-state index contributed by atoms with van der Waals surface area (Å²) in [4.78, 5) is 42.2. The molecule has 1 atom stereocenters. The molecular formula is C16H21N3O4. The highest BCUT2D eigenvalue weighted by molar-refractivity contribution is 5.94. The SMILES string of the molecule is CN1CCN(C(=O)c2cc3c([nH]c2=O)CCCC3)CC1C(=O)O. The standard InChI is InChI=1S/C16H21N3O4/c1-18-6-7-19(9-13(18)16(22)23)15(21)11-8-10-4-2-3-5-12(10)17-14(11)20/h8,13H,2-7,9H2,1H3,(H,17,20)(H,22,23). The van der Waals surface area contributed by atoms with Crippen molar-refractivity contribution in [2.24, 2.45) is 0 Å². The van der Waals surface area contributed by atoms with E-state index in [1.165, 1.54) is 4.90 Å². The largest absolute Gasteiger partial charge is 0.480 e. The minimum absolute atomic E-state index is 0.0984. The molecule has 0 bridgehead atoms. The zero-order valence-electron chi connectivity index (χ0n) is 13.2. The van der Waals surface area contributed by atoms with Crippen LogP contribution in [0.4, 0.5) is 0 Å². The number of carboxylic acids is 1. The maximum absolute atomic E-state index is 12.7.